The summed E-state index contributed by atoms with van der Waals surface area (Å²) in [4.78, 5) is 0. The molecule has 2 aromatic rings. The molecule has 0 atom stereocenters. The summed E-state index contributed by atoms with van der Waals surface area (Å²) in [6.07, 6.45) is 12.5. The van der Waals surface area contributed by atoms with Gasteiger partial charge in [-0.05, 0) is 7.28 Å². The molecule has 0 bridgehead atoms. The van der Waals surface area contributed by atoms with Crippen LogP contribution in [-0.2, 0) is 78.3 Å². The van der Waals surface area contributed by atoms with Crippen molar-refractivity contribution < 1.29 is 74.6 Å². The third kappa shape index (κ3) is 19.0. The molecule has 0 aliphatic carbocycles. The van der Waals surface area contributed by atoms with Crippen LogP contribution in [0.25, 0.3) is 0 Å². The van der Waals surface area contributed by atoms with E-state index in [1.165, 1.54) is 6.42 Å². The number of hydrogen-bond acceptors (Lipinski definition) is 0. The quantitative estimate of drug-likeness (QED) is 0.359. The number of aromatic nitrogens is 2. The van der Waals surface area contributed by atoms with Gasteiger partial charge in [0.1, 0.15) is 6.44 Å². The zero-order valence-electron chi connectivity index (χ0n) is 15.5. The summed E-state index contributed by atoms with van der Waals surface area (Å²) in [6.45, 7) is 10.0. The molecule has 0 aliphatic heterocycles. The Morgan fingerprint density at radius 2 is 1.08 bits per heavy atom. The van der Waals surface area contributed by atoms with Crippen molar-refractivity contribution >= 4 is 14.6 Å². The Morgan fingerprint density at radius 3 is 1.42 bits per heavy atom. The molecule has 0 aliphatic rings. The number of hydrogen-bond donors (Lipinski definition) is 0. The molecule has 2 rings (SSSR count). The second kappa shape index (κ2) is 23.6. The smallest absolute Gasteiger partial charge is 0.200 e. The zero-order valence-corrected chi connectivity index (χ0v) is 21.2. The first kappa shape index (κ1) is 29.4. The monoisotopic (exact) mass is 473 g/mol. The van der Waals surface area contributed by atoms with Crippen LogP contribution in [0, 0.1) is 6.82 Å². The van der Waals surface area contributed by atoms with E-state index in [1.807, 2.05) is 56.1 Å². The SMILES string of the molecule is CCC.CC[B]C[n+]1ccccc1.[CH2-][B]C[n+]1ccccc1.[Y].[Y]. The molecule has 2 heterocycles. The molecule has 4 radical (unpaired) electrons. The molecule has 24 heavy (non-hydrogen) atoms. The summed E-state index contributed by atoms with van der Waals surface area (Å²) in [5.74, 6) is 0. The van der Waals surface area contributed by atoms with Gasteiger partial charge in [-0.25, -0.2) is 9.13 Å². The Balaban J connectivity index is -0.000000296. The summed E-state index contributed by atoms with van der Waals surface area (Å²) in [7, 11) is 4.12. The Bertz CT molecular complexity index is 445. The van der Waals surface area contributed by atoms with Crippen molar-refractivity contribution in [1.29, 1.82) is 0 Å². The van der Waals surface area contributed by atoms with E-state index in [2.05, 4.69) is 56.4 Å². The van der Waals surface area contributed by atoms with Crippen LogP contribution in [0.15, 0.2) is 61.2 Å². The molecule has 6 heteroatoms. The van der Waals surface area contributed by atoms with Gasteiger partial charge in [-0.3, -0.25) is 0 Å². The van der Waals surface area contributed by atoms with Gasteiger partial charge in [0.2, 0.25) is 7.28 Å². The molecule has 0 fully saturated rings. The number of pyridine rings is 2. The number of rotatable bonds is 5. The van der Waals surface area contributed by atoms with E-state index in [4.69, 9.17) is 0 Å². The maximum Gasteiger partial charge on any atom is 0.200 e. The molecule has 0 aromatic carbocycles. The normalized spacial score (nSPS) is 8.00. The van der Waals surface area contributed by atoms with E-state index < -0.39 is 0 Å². The Labute approximate surface area is 201 Å². The summed E-state index contributed by atoms with van der Waals surface area (Å²) < 4.78 is 4.22. The topological polar surface area (TPSA) is 7.76 Å². The molecule has 0 saturated carbocycles. The molecular formula is C18H29B2N2Y2+. The summed E-state index contributed by atoms with van der Waals surface area (Å²) in [5.41, 5.74) is 0. The van der Waals surface area contributed by atoms with Crippen molar-refractivity contribution in [1.82, 2.24) is 0 Å². The summed E-state index contributed by atoms with van der Waals surface area (Å²) in [5, 5.41) is 0. The molecule has 0 saturated heterocycles. The van der Waals surface area contributed by atoms with E-state index in [-0.39, 0.29) is 65.4 Å². The average molecular weight is 473 g/mol. The van der Waals surface area contributed by atoms with Crippen LogP contribution in [0.5, 0.6) is 0 Å². The van der Waals surface area contributed by atoms with Crippen LogP contribution in [0.4, 0.5) is 0 Å². The fourth-order valence-corrected chi connectivity index (χ4v) is 1.54. The predicted octanol–water partition coefficient (Wildman–Crippen LogP) is 2.91. The Hall–Kier alpha value is 0.638. The largest absolute Gasteiger partial charge is 0.367 e. The van der Waals surface area contributed by atoms with Gasteiger partial charge in [0.15, 0.2) is 24.8 Å². The minimum absolute atomic E-state index is 0. The first-order valence-corrected chi connectivity index (χ1v) is 8.09. The molecular weight excluding hydrogens is 444 g/mol. The van der Waals surface area contributed by atoms with Crippen LogP contribution in [0.1, 0.15) is 27.2 Å². The molecule has 0 amide bonds. The third-order valence-electron chi connectivity index (χ3n) is 2.52. The van der Waals surface area contributed by atoms with E-state index in [9.17, 15) is 0 Å². The average Bonchev–Trinajstić information content (AvgIpc) is 2.57. The minimum atomic E-state index is 0. The molecule has 0 unspecified atom stereocenters. The van der Waals surface area contributed by atoms with E-state index in [1.54, 1.807) is 0 Å². The van der Waals surface area contributed by atoms with Crippen molar-refractivity contribution in [3.63, 3.8) is 0 Å². The molecule has 0 spiro atoms. The van der Waals surface area contributed by atoms with Crippen molar-refractivity contribution in [2.24, 2.45) is 0 Å². The molecule has 2 aromatic heterocycles. The summed E-state index contributed by atoms with van der Waals surface area (Å²) in [6, 6.07) is 12.1. The first-order valence-electron chi connectivity index (χ1n) is 8.09. The second-order valence-electron chi connectivity index (χ2n) is 4.84. The van der Waals surface area contributed by atoms with Gasteiger partial charge in [0.05, 0.1) is 6.44 Å². The van der Waals surface area contributed by atoms with Gasteiger partial charge in [-0.15, -0.1) is 0 Å². The predicted molar refractivity (Wildman–Crippen MR) is 96.6 cm³/mol. The van der Waals surface area contributed by atoms with Gasteiger partial charge in [-0.1, -0.05) is 45.6 Å². The fraction of sp³-hybridized carbons (Fsp3) is 0.389. The maximum absolute atomic E-state index is 3.64. The van der Waals surface area contributed by atoms with Gasteiger partial charge < -0.3 is 6.82 Å². The van der Waals surface area contributed by atoms with Crippen molar-refractivity contribution in [3.8, 4) is 0 Å². The van der Waals surface area contributed by atoms with E-state index in [0.717, 1.165) is 19.2 Å². The fourth-order valence-electron chi connectivity index (χ4n) is 1.54. The van der Waals surface area contributed by atoms with E-state index in [0.29, 0.717) is 0 Å². The first-order chi connectivity index (χ1) is 10.8. The van der Waals surface area contributed by atoms with Crippen molar-refractivity contribution in [2.45, 2.75) is 46.4 Å². The van der Waals surface area contributed by atoms with Crippen LogP contribution in [0.2, 0.25) is 6.32 Å². The van der Waals surface area contributed by atoms with Crippen LogP contribution < -0.4 is 9.13 Å². The zero-order chi connectivity index (χ0) is 16.5. The van der Waals surface area contributed by atoms with Crippen LogP contribution >= 0.6 is 0 Å². The van der Waals surface area contributed by atoms with Crippen molar-refractivity contribution in [3.05, 3.63) is 68.0 Å². The van der Waals surface area contributed by atoms with Crippen molar-refractivity contribution in [2.75, 3.05) is 0 Å². The van der Waals surface area contributed by atoms with Gasteiger partial charge in [0.25, 0.3) is 0 Å². The van der Waals surface area contributed by atoms with Gasteiger partial charge in [0, 0.05) is 89.7 Å². The molecule has 2 nitrogen and oxygen atoms in total. The third-order valence-corrected chi connectivity index (χ3v) is 2.52. The Kier molecular flexibility index (Phi) is 29.0. The molecule has 122 valence electrons. The van der Waals surface area contributed by atoms with Crippen LogP contribution in [0.3, 0.4) is 0 Å². The summed E-state index contributed by atoms with van der Waals surface area (Å²) >= 11 is 0. The standard InChI is InChI=1S/C8H12BN.C7H9BN.C3H8.2Y/c1-2-9-8-10-6-4-3-5-7-10;1-8-7-9-5-3-2-4-6-9;1-3-2;;/h3-7H,2,8H2,1H3;2-6H,1,7H2;3H2,1-2H3;;/q+1;;;;. The van der Waals surface area contributed by atoms with E-state index >= 15 is 0 Å². The van der Waals surface area contributed by atoms with Gasteiger partial charge in [-0.2, -0.15) is 0 Å². The number of nitrogens with zero attached hydrogens (tertiary/aromatic N) is 2. The maximum atomic E-state index is 3.64. The van der Waals surface area contributed by atoms with Crippen LogP contribution in [-0.4, -0.2) is 14.6 Å². The Morgan fingerprint density at radius 1 is 0.708 bits per heavy atom. The second-order valence-corrected chi connectivity index (χ2v) is 4.84. The minimum Gasteiger partial charge on any atom is -0.367 e. The molecule has 0 N–H and O–H groups in total. The van der Waals surface area contributed by atoms with Gasteiger partial charge >= 0.3 is 0 Å².